The van der Waals surface area contributed by atoms with Crippen molar-refractivity contribution in [3.05, 3.63) is 65.7 Å². The summed E-state index contributed by atoms with van der Waals surface area (Å²) in [5.74, 6) is -0.112. The first-order chi connectivity index (χ1) is 16.1. The number of carbonyl (C=O) groups excluding carboxylic acids is 1. The van der Waals surface area contributed by atoms with Gasteiger partial charge in [0.15, 0.2) is 5.78 Å². The number of likely N-dealkylation sites (tertiary alicyclic amines) is 1. The number of sulfonamides is 1. The number of Topliss-reactive ketones (excluding diaryl/α,β-unsaturated/α-hetero) is 1. The zero-order valence-corrected chi connectivity index (χ0v) is 19.8. The minimum Gasteiger partial charge on any atom is -0.379 e. The highest BCUT2D eigenvalue weighted by atomic mass is 32.2. The molecule has 2 saturated heterocycles. The first-order valence-corrected chi connectivity index (χ1v) is 13.2. The predicted molar refractivity (Wildman–Crippen MR) is 128 cm³/mol. The van der Waals surface area contributed by atoms with Gasteiger partial charge in [-0.2, -0.15) is 4.31 Å². The monoisotopic (exact) mass is 471 g/mol. The van der Waals surface area contributed by atoms with Gasteiger partial charge >= 0.3 is 0 Å². The van der Waals surface area contributed by atoms with Crippen molar-refractivity contribution in [3.8, 4) is 0 Å². The van der Waals surface area contributed by atoms with Crippen LogP contribution in [0.1, 0.15) is 41.2 Å². The van der Waals surface area contributed by atoms with Crippen molar-refractivity contribution < 1.29 is 17.9 Å². The molecule has 7 nitrogen and oxygen atoms in total. The normalized spacial score (nSPS) is 19.3. The maximum Gasteiger partial charge on any atom is 0.243 e. The van der Waals surface area contributed by atoms with Gasteiger partial charge in [0.1, 0.15) is 0 Å². The maximum absolute atomic E-state index is 12.9. The largest absolute Gasteiger partial charge is 0.379 e. The molecule has 0 bridgehead atoms. The van der Waals surface area contributed by atoms with Gasteiger partial charge < -0.3 is 10.1 Å². The summed E-state index contributed by atoms with van der Waals surface area (Å²) in [5.41, 5.74) is 1.66. The summed E-state index contributed by atoms with van der Waals surface area (Å²) in [5, 5.41) is 3.33. The van der Waals surface area contributed by atoms with Crippen LogP contribution in [0.5, 0.6) is 0 Å². The van der Waals surface area contributed by atoms with Gasteiger partial charge in [0.2, 0.25) is 10.0 Å². The van der Waals surface area contributed by atoms with Crippen molar-refractivity contribution in [3.63, 3.8) is 0 Å². The van der Waals surface area contributed by atoms with E-state index in [1.54, 1.807) is 18.2 Å². The van der Waals surface area contributed by atoms with Gasteiger partial charge in [0, 0.05) is 31.2 Å². The van der Waals surface area contributed by atoms with Crippen LogP contribution >= 0.6 is 0 Å². The fourth-order valence-corrected chi connectivity index (χ4v) is 6.01. The minimum absolute atomic E-state index is 0.112. The first kappa shape index (κ1) is 24.0. The zero-order valence-electron chi connectivity index (χ0n) is 19.0. The molecule has 1 N–H and O–H groups in total. The molecule has 2 aliphatic rings. The van der Waals surface area contributed by atoms with E-state index in [-0.39, 0.29) is 23.3 Å². The number of piperidine rings is 1. The van der Waals surface area contributed by atoms with Crippen molar-refractivity contribution in [2.45, 2.75) is 30.2 Å². The molecule has 0 aromatic heterocycles. The van der Waals surface area contributed by atoms with Gasteiger partial charge in [-0.05, 0) is 43.6 Å². The fourth-order valence-electron chi connectivity index (χ4n) is 4.55. The van der Waals surface area contributed by atoms with Crippen molar-refractivity contribution in [1.29, 1.82) is 0 Å². The van der Waals surface area contributed by atoms with E-state index in [0.717, 1.165) is 13.1 Å². The van der Waals surface area contributed by atoms with E-state index in [2.05, 4.69) is 34.5 Å². The molecule has 2 fully saturated rings. The smallest absolute Gasteiger partial charge is 0.243 e. The van der Waals surface area contributed by atoms with E-state index in [9.17, 15) is 13.2 Å². The third kappa shape index (κ3) is 6.07. The van der Waals surface area contributed by atoms with Crippen LogP contribution in [-0.4, -0.2) is 75.9 Å². The van der Waals surface area contributed by atoms with Crippen molar-refractivity contribution >= 4 is 15.8 Å². The number of nitrogens with one attached hydrogen (secondary N) is 1. The number of carbonyl (C=O) groups is 1. The van der Waals surface area contributed by atoms with Crippen LogP contribution in [0.4, 0.5) is 0 Å². The van der Waals surface area contributed by atoms with E-state index in [1.807, 2.05) is 6.07 Å². The van der Waals surface area contributed by atoms with Crippen LogP contribution in [0.25, 0.3) is 0 Å². The summed E-state index contributed by atoms with van der Waals surface area (Å²) in [7, 11) is -3.63. The number of rotatable bonds is 9. The highest BCUT2D eigenvalue weighted by Gasteiger charge is 2.27. The van der Waals surface area contributed by atoms with E-state index < -0.39 is 10.0 Å². The third-order valence-corrected chi connectivity index (χ3v) is 8.30. The number of morpholine rings is 1. The summed E-state index contributed by atoms with van der Waals surface area (Å²) in [6, 6.07) is 17.0. The van der Waals surface area contributed by atoms with E-state index in [4.69, 9.17) is 4.74 Å². The molecule has 2 aromatic rings. The first-order valence-electron chi connectivity index (χ1n) is 11.8. The van der Waals surface area contributed by atoms with Gasteiger partial charge in [-0.25, -0.2) is 8.42 Å². The quantitative estimate of drug-likeness (QED) is 0.567. The summed E-state index contributed by atoms with van der Waals surface area (Å²) in [4.78, 5) is 15.5. The van der Waals surface area contributed by atoms with Gasteiger partial charge in [0.25, 0.3) is 0 Å². The molecule has 1 unspecified atom stereocenters. The Balaban J connectivity index is 1.40. The highest BCUT2D eigenvalue weighted by Crippen LogP contribution is 2.24. The lowest BCUT2D eigenvalue weighted by molar-refractivity contribution is 0.0730. The summed E-state index contributed by atoms with van der Waals surface area (Å²) in [6.45, 7) is 4.41. The molecule has 2 heterocycles. The number of benzene rings is 2. The highest BCUT2D eigenvalue weighted by molar-refractivity contribution is 7.89. The van der Waals surface area contributed by atoms with Crippen molar-refractivity contribution in [1.82, 2.24) is 14.5 Å². The average Bonchev–Trinajstić information content (AvgIpc) is 2.88. The SMILES string of the molecule is O=C(CNCC(c1ccccc1)N1CCCCC1)c1cccc(S(=O)(=O)N2CCOCC2)c1. The van der Waals surface area contributed by atoms with Gasteiger partial charge in [0.05, 0.1) is 24.7 Å². The Hall–Kier alpha value is -2.10. The van der Waals surface area contributed by atoms with E-state index in [1.165, 1.54) is 35.2 Å². The molecule has 0 amide bonds. The second-order valence-corrected chi connectivity index (χ2v) is 10.6. The standard InChI is InChI=1S/C25H33N3O4S/c29-25(22-10-7-11-23(18-22)33(30,31)28-14-16-32-17-15-28)20-26-19-24(21-8-3-1-4-9-21)27-12-5-2-6-13-27/h1,3-4,7-11,18,24,26H,2,5-6,12-17,19-20H2. The molecular formula is C25H33N3O4S. The maximum atomic E-state index is 12.9. The number of hydrogen-bond acceptors (Lipinski definition) is 6. The molecule has 2 aliphatic heterocycles. The van der Waals surface area contributed by atoms with E-state index >= 15 is 0 Å². The predicted octanol–water partition coefficient (Wildman–Crippen LogP) is 2.71. The molecule has 0 radical (unpaired) electrons. The Morgan fingerprint density at radius 3 is 2.39 bits per heavy atom. The Morgan fingerprint density at radius 2 is 1.67 bits per heavy atom. The van der Waals surface area contributed by atoms with Crippen LogP contribution in [-0.2, 0) is 14.8 Å². The molecule has 1 atom stereocenters. The van der Waals surface area contributed by atoms with Crippen LogP contribution < -0.4 is 5.32 Å². The van der Waals surface area contributed by atoms with Crippen molar-refractivity contribution in [2.75, 3.05) is 52.5 Å². The van der Waals surface area contributed by atoms with Crippen LogP contribution in [0.3, 0.4) is 0 Å². The number of ketones is 1. The summed E-state index contributed by atoms with van der Waals surface area (Å²) >= 11 is 0. The molecule has 178 valence electrons. The van der Waals surface area contributed by atoms with Crippen molar-refractivity contribution in [2.24, 2.45) is 0 Å². The molecular weight excluding hydrogens is 438 g/mol. The molecule has 33 heavy (non-hydrogen) atoms. The topological polar surface area (TPSA) is 79.0 Å². The average molecular weight is 472 g/mol. The Morgan fingerprint density at radius 1 is 0.939 bits per heavy atom. The molecule has 0 spiro atoms. The molecule has 8 heteroatoms. The molecule has 0 saturated carbocycles. The lowest BCUT2D eigenvalue weighted by Crippen LogP contribution is -2.40. The Labute approximate surface area is 196 Å². The zero-order chi connectivity index (χ0) is 23.1. The molecule has 4 rings (SSSR count). The summed E-state index contributed by atoms with van der Waals surface area (Å²) < 4.78 is 32.5. The Bertz CT molecular complexity index is 1020. The molecule has 2 aromatic carbocycles. The summed E-state index contributed by atoms with van der Waals surface area (Å²) in [6.07, 6.45) is 3.67. The number of hydrogen-bond donors (Lipinski definition) is 1. The van der Waals surface area contributed by atoms with Gasteiger partial charge in [-0.1, -0.05) is 48.9 Å². The Kier molecular flexibility index (Phi) is 8.27. The number of nitrogens with zero attached hydrogens (tertiary/aromatic N) is 2. The van der Waals surface area contributed by atoms with Gasteiger partial charge in [-0.3, -0.25) is 9.69 Å². The fraction of sp³-hybridized carbons (Fsp3) is 0.480. The van der Waals surface area contributed by atoms with Crippen LogP contribution in [0, 0.1) is 0 Å². The number of ether oxygens (including phenoxy) is 1. The van der Waals surface area contributed by atoms with Crippen LogP contribution in [0.15, 0.2) is 59.5 Å². The van der Waals surface area contributed by atoms with Crippen LogP contribution in [0.2, 0.25) is 0 Å². The van der Waals surface area contributed by atoms with E-state index in [0.29, 0.717) is 38.4 Å². The third-order valence-electron chi connectivity index (χ3n) is 6.40. The van der Waals surface area contributed by atoms with Gasteiger partial charge in [-0.15, -0.1) is 0 Å². The second kappa shape index (κ2) is 11.4. The second-order valence-electron chi connectivity index (χ2n) is 8.62. The lowest BCUT2D eigenvalue weighted by Gasteiger charge is -2.35. The lowest BCUT2D eigenvalue weighted by atomic mass is 10.0. The minimum atomic E-state index is -3.63. The molecule has 0 aliphatic carbocycles.